The second-order valence-electron chi connectivity index (χ2n) is 7.94. The minimum Gasteiger partial charge on any atom is -0.493 e. The zero-order valence-electron chi connectivity index (χ0n) is 20.0. The number of nitrogens with one attached hydrogen (secondary N) is 1. The number of methoxy groups -OCH3 is 1. The van der Waals surface area contributed by atoms with Crippen LogP contribution < -0.4 is 19.6 Å². The van der Waals surface area contributed by atoms with Crippen molar-refractivity contribution in [3.8, 4) is 17.2 Å². The summed E-state index contributed by atoms with van der Waals surface area (Å²) >= 11 is 6.96. The van der Waals surface area contributed by atoms with Gasteiger partial charge in [-0.1, -0.05) is 58.4 Å². The molecule has 4 rings (SSSR count). The molecular weight excluding hydrogens is 600 g/mol. The van der Waals surface area contributed by atoms with Crippen molar-refractivity contribution in [1.82, 2.24) is 5.43 Å². The van der Waals surface area contributed by atoms with E-state index >= 15 is 0 Å². The highest BCUT2D eigenvalue weighted by Crippen LogP contribution is 2.29. The van der Waals surface area contributed by atoms with Gasteiger partial charge in [0, 0.05) is 10.0 Å². The van der Waals surface area contributed by atoms with Crippen LogP contribution in [0.1, 0.15) is 27.0 Å². The van der Waals surface area contributed by atoms with Crippen molar-refractivity contribution in [2.24, 2.45) is 5.10 Å². The molecule has 0 saturated heterocycles. The molecule has 0 bridgehead atoms. The molecule has 0 fully saturated rings. The normalized spacial score (nSPS) is 10.8. The molecule has 0 radical (unpaired) electrons. The first-order valence-electron chi connectivity index (χ1n) is 11.4. The van der Waals surface area contributed by atoms with Crippen LogP contribution in [0.4, 0.5) is 0 Å². The van der Waals surface area contributed by atoms with Crippen LogP contribution in [0.2, 0.25) is 0 Å². The number of hydrazone groups is 1. The highest BCUT2D eigenvalue weighted by Gasteiger charge is 2.11. The summed E-state index contributed by atoms with van der Waals surface area (Å²) < 4.78 is 19.0. The van der Waals surface area contributed by atoms with E-state index in [1.165, 1.54) is 7.11 Å². The number of amides is 1. The Morgan fingerprint density at radius 2 is 1.49 bits per heavy atom. The molecule has 0 heterocycles. The third-order valence-corrected chi connectivity index (χ3v) is 6.45. The highest BCUT2D eigenvalue weighted by atomic mass is 79.9. The second-order valence-corrected chi connectivity index (χ2v) is 9.71. The molecule has 4 aromatic rings. The molecule has 37 heavy (non-hydrogen) atoms. The van der Waals surface area contributed by atoms with E-state index in [2.05, 4.69) is 42.4 Å². The van der Waals surface area contributed by atoms with E-state index in [4.69, 9.17) is 14.2 Å². The van der Waals surface area contributed by atoms with E-state index in [-0.39, 0.29) is 5.91 Å². The zero-order valence-corrected chi connectivity index (χ0v) is 23.2. The van der Waals surface area contributed by atoms with Gasteiger partial charge >= 0.3 is 0 Å². The van der Waals surface area contributed by atoms with Gasteiger partial charge in [0.05, 0.1) is 17.8 Å². The summed E-state index contributed by atoms with van der Waals surface area (Å²) in [7, 11) is 1.54. The predicted molar refractivity (Wildman–Crippen MR) is 151 cm³/mol. The second kappa shape index (κ2) is 13.1. The molecule has 0 aliphatic rings. The summed E-state index contributed by atoms with van der Waals surface area (Å²) in [5, 5.41) is 4.08. The first-order valence-corrected chi connectivity index (χ1v) is 13.0. The maximum absolute atomic E-state index is 12.6. The standard InChI is InChI=1S/C29H24Br2N2O4/c1-35-28-16-23(10-14-27(28)37-18-20-5-3-2-4-6-20)29(34)33-32-17-22-9-13-26(25(31)15-22)36-19-21-7-11-24(30)12-8-21/h2-17H,18-19H2,1H3,(H,33,34)/b32-17+. The van der Waals surface area contributed by atoms with Gasteiger partial charge in [-0.05, 0) is 81.2 Å². The molecular formula is C29H24Br2N2O4. The fourth-order valence-electron chi connectivity index (χ4n) is 3.35. The van der Waals surface area contributed by atoms with Crippen LogP contribution in [0.3, 0.4) is 0 Å². The molecule has 0 saturated carbocycles. The Morgan fingerprint density at radius 1 is 0.811 bits per heavy atom. The Kier molecular flexibility index (Phi) is 9.35. The molecule has 6 nitrogen and oxygen atoms in total. The molecule has 0 atom stereocenters. The zero-order chi connectivity index (χ0) is 26.0. The average Bonchev–Trinajstić information content (AvgIpc) is 2.92. The van der Waals surface area contributed by atoms with E-state index in [9.17, 15) is 4.79 Å². The minimum atomic E-state index is -0.363. The topological polar surface area (TPSA) is 69.2 Å². The van der Waals surface area contributed by atoms with Gasteiger partial charge < -0.3 is 14.2 Å². The highest BCUT2D eigenvalue weighted by molar-refractivity contribution is 9.10. The van der Waals surface area contributed by atoms with E-state index in [1.807, 2.05) is 72.8 Å². The lowest BCUT2D eigenvalue weighted by molar-refractivity contribution is 0.0954. The Balaban J connectivity index is 1.32. The van der Waals surface area contributed by atoms with Crippen LogP contribution in [0, 0.1) is 0 Å². The summed E-state index contributed by atoms with van der Waals surface area (Å²) in [4.78, 5) is 12.6. The Hall–Kier alpha value is -3.62. The van der Waals surface area contributed by atoms with Crippen LogP contribution in [-0.4, -0.2) is 19.2 Å². The molecule has 0 aromatic heterocycles. The van der Waals surface area contributed by atoms with Gasteiger partial charge in [-0.3, -0.25) is 4.79 Å². The van der Waals surface area contributed by atoms with Crippen LogP contribution in [0.15, 0.2) is 105 Å². The van der Waals surface area contributed by atoms with Crippen molar-refractivity contribution in [1.29, 1.82) is 0 Å². The van der Waals surface area contributed by atoms with Gasteiger partial charge in [-0.15, -0.1) is 0 Å². The number of carbonyl (C=O) groups is 1. The smallest absolute Gasteiger partial charge is 0.271 e. The lowest BCUT2D eigenvalue weighted by Crippen LogP contribution is -2.17. The number of hydrogen-bond acceptors (Lipinski definition) is 5. The molecule has 1 amide bonds. The molecule has 8 heteroatoms. The van der Waals surface area contributed by atoms with E-state index in [0.29, 0.717) is 36.0 Å². The summed E-state index contributed by atoms with van der Waals surface area (Å²) in [6.07, 6.45) is 1.57. The molecule has 188 valence electrons. The lowest BCUT2D eigenvalue weighted by atomic mass is 10.2. The molecule has 0 aliphatic carbocycles. The Morgan fingerprint density at radius 3 is 2.19 bits per heavy atom. The number of nitrogens with zero attached hydrogens (tertiary/aromatic N) is 1. The summed E-state index contributed by atoms with van der Waals surface area (Å²) in [5.41, 5.74) is 5.85. The van der Waals surface area contributed by atoms with Gasteiger partial charge in [0.2, 0.25) is 0 Å². The van der Waals surface area contributed by atoms with Gasteiger partial charge in [0.15, 0.2) is 11.5 Å². The first kappa shape index (κ1) is 26.4. The van der Waals surface area contributed by atoms with Crippen molar-refractivity contribution in [3.63, 3.8) is 0 Å². The van der Waals surface area contributed by atoms with Crippen molar-refractivity contribution >= 4 is 44.0 Å². The number of halogens is 2. The number of carbonyl (C=O) groups excluding carboxylic acids is 1. The number of ether oxygens (including phenoxy) is 3. The SMILES string of the molecule is COc1cc(C(=O)N/N=C/c2ccc(OCc3ccc(Br)cc3)c(Br)c2)ccc1OCc1ccccc1. The van der Waals surface area contributed by atoms with Crippen molar-refractivity contribution in [2.75, 3.05) is 7.11 Å². The molecule has 0 spiro atoms. The third-order valence-electron chi connectivity index (χ3n) is 5.31. The largest absolute Gasteiger partial charge is 0.493 e. The Labute approximate surface area is 232 Å². The van der Waals surface area contributed by atoms with Crippen LogP contribution in [0.5, 0.6) is 17.2 Å². The quantitative estimate of drug-likeness (QED) is 0.151. The van der Waals surface area contributed by atoms with Crippen LogP contribution in [-0.2, 0) is 13.2 Å². The van der Waals surface area contributed by atoms with Crippen molar-refractivity contribution < 1.29 is 19.0 Å². The van der Waals surface area contributed by atoms with Crippen molar-refractivity contribution in [3.05, 3.63) is 122 Å². The fraction of sp³-hybridized carbons (Fsp3) is 0.103. The lowest BCUT2D eigenvalue weighted by Gasteiger charge is -2.12. The molecule has 1 N–H and O–H groups in total. The van der Waals surface area contributed by atoms with Gasteiger partial charge in [-0.2, -0.15) is 5.10 Å². The van der Waals surface area contributed by atoms with Gasteiger partial charge in [-0.25, -0.2) is 5.43 Å². The summed E-state index contributed by atoms with van der Waals surface area (Å²) in [6, 6.07) is 28.4. The number of hydrogen-bond donors (Lipinski definition) is 1. The predicted octanol–water partition coefficient (Wildman–Crippen LogP) is 7.14. The first-order chi connectivity index (χ1) is 18.0. The number of rotatable bonds is 10. The monoisotopic (exact) mass is 622 g/mol. The molecule has 0 unspecified atom stereocenters. The number of benzene rings is 4. The van der Waals surface area contributed by atoms with E-state index < -0.39 is 0 Å². The maximum atomic E-state index is 12.6. The van der Waals surface area contributed by atoms with E-state index in [1.54, 1.807) is 24.4 Å². The average molecular weight is 624 g/mol. The maximum Gasteiger partial charge on any atom is 0.271 e. The van der Waals surface area contributed by atoms with Crippen LogP contribution in [0.25, 0.3) is 0 Å². The third kappa shape index (κ3) is 7.68. The van der Waals surface area contributed by atoms with E-state index in [0.717, 1.165) is 25.6 Å². The minimum absolute atomic E-state index is 0.363. The summed E-state index contributed by atoms with van der Waals surface area (Å²) in [6.45, 7) is 0.853. The van der Waals surface area contributed by atoms with Crippen molar-refractivity contribution in [2.45, 2.75) is 13.2 Å². The molecule has 4 aromatic carbocycles. The Bertz CT molecular complexity index is 1380. The van der Waals surface area contributed by atoms with Gasteiger partial charge in [0.25, 0.3) is 5.91 Å². The summed E-state index contributed by atoms with van der Waals surface area (Å²) in [5.74, 6) is 1.37. The van der Waals surface area contributed by atoms with Crippen LogP contribution >= 0.6 is 31.9 Å². The fourth-order valence-corrected chi connectivity index (χ4v) is 4.12. The molecule has 0 aliphatic heterocycles. The van der Waals surface area contributed by atoms with Gasteiger partial charge in [0.1, 0.15) is 19.0 Å².